The third kappa shape index (κ3) is 2.21. The Hall–Kier alpha value is -1.03. The van der Waals surface area contributed by atoms with Gasteiger partial charge in [0.1, 0.15) is 5.82 Å². The molecule has 0 amide bonds. The Morgan fingerprint density at radius 2 is 2.23 bits per heavy atom. The maximum absolute atomic E-state index is 5.77. The summed E-state index contributed by atoms with van der Waals surface area (Å²) >= 11 is 0. The van der Waals surface area contributed by atoms with E-state index in [1.807, 2.05) is 20.9 Å². The number of nitrogen functional groups attached to an aromatic ring is 1. The highest BCUT2D eigenvalue weighted by molar-refractivity contribution is 5.42. The number of nitrogens with two attached hydrogens (primary N) is 1. The number of rotatable bonds is 4. The van der Waals surface area contributed by atoms with Crippen molar-refractivity contribution in [3.8, 4) is 0 Å². The topological polar surface area (TPSA) is 53.1 Å². The first-order chi connectivity index (χ1) is 6.16. The Bertz CT molecular complexity index is 281. The zero-order valence-corrected chi connectivity index (χ0v) is 8.50. The number of ether oxygens (including phenoxy) is 1. The van der Waals surface area contributed by atoms with Gasteiger partial charge in [0.2, 0.25) is 0 Å². The summed E-state index contributed by atoms with van der Waals surface area (Å²) in [5, 5.41) is 4.29. The van der Waals surface area contributed by atoms with Gasteiger partial charge in [0, 0.05) is 25.6 Å². The van der Waals surface area contributed by atoms with Crippen LogP contribution in [0, 0.1) is 6.92 Å². The van der Waals surface area contributed by atoms with Crippen LogP contribution < -0.4 is 5.73 Å². The Morgan fingerprint density at radius 3 is 2.69 bits per heavy atom. The van der Waals surface area contributed by atoms with Gasteiger partial charge in [-0.15, -0.1) is 0 Å². The van der Waals surface area contributed by atoms with Crippen molar-refractivity contribution in [1.82, 2.24) is 9.78 Å². The highest BCUT2D eigenvalue weighted by Gasteiger charge is 2.08. The average molecular weight is 183 g/mol. The van der Waals surface area contributed by atoms with Crippen LogP contribution in [0.5, 0.6) is 0 Å². The molecule has 0 unspecified atom stereocenters. The summed E-state index contributed by atoms with van der Waals surface area (Å²) in [7, 11) is 1.85. The average Bonchev–Trinajstić information content (AvgIpc) is 2.34. The van der Waals surface area contributed by atoms with Crippen LogP contribution in [0.4, 0.5) is 5.82 Å². The van der Waals surface area contributed by atoms with Crippen molar-refractivity contribution in [3.63, 3.8) is 0 Å². The predicted octanol–water partition coefficient (Wildman–Crippen LogP) is 0.890. The molecule has 1 aromatic heterocycles. The van der Waals surface area contributed by atoms with Crippen LogP contribution in [0.1, 0.15) is 18.2 Å². The summed E-state index contributed by atoms with van der Waals surface area (Å²) in [6.45, 7) is 5.44. The molecular formula is C9H17N3O. The quantitative estimate of drug-likeness (QED) is 0.705. The lowest BCUT2D eigenvalue weighted by Crippen LogP contribution is -2.00. The van der Waals surface area contributed by atoms with Crippen LogP contribution in [-0.4, -0.2) is 23.0 Å². The molecule has 0 radical (unpaired) electrons. The molecule has 1 rings (SSSR count). The van der Waals surface area contributed by atoms with Crippen LogP contribution in [0.25, 0.3) is 0 Å². The minimum Gasteiger partial charge on any atom is -0.384 e. The molecule has 2 N–H and O–H groups in total. The predicted molar refractivity (Wildman–Crippen MR) is 52.6 cm³/mol. The molecule has 74 valence electrons. The molecule has 0 aliphatic heterocycles. The summed E-state index contributed by atoms with van der Waals surface area (Å²) < 4.78 is 6.96. The number of hydrogen-bond acceptors (Lipinski definition) is 3. The Labute approximate surface area is 78.7 Å². The molecule has 0 aliphatic carbocycles. The Morgan fingerprint density at radius 1 is 1.54 bits per heavy atom. The molecule has 0 atom stereocenters. The van der Waals surface area contributed by atoms with Gasteiger partial charge in [-0.2, -0.15) is 5.10 Å². The molecule has 0 bridgehead atoms. The molecule has 0 spiro atoms. The Kier molecular flexibility index (Phi) is 3.31. The lowest BCUT2D eigenvalue weighted by Gasteiger charge is -1.98. The second kappa shape index (κ2) is 4.28. The first kappa shape index (κ1) is 10.1. The van der Waals surface area contributed by atoms with Gasteiger partial charge < -0.3 is 10.5 Å². The second-order valence-electron chi connectivity index (χ2n) is 3.03. The summed E-state index contributed by atoms with van der Waals surface area (Å²) in [5.41, 5.74) is 7.87. The largest absolute Gasteiger partial charge is 0.384 e. The second-order valence-corrected chi connectivity index (χ2v) is 3.03. The van der Waals surface area contributed by atoms with Gasteiger partial charge in [0.15, 0.2) is 0 Å². The molecule has 13 heavy (non-hydrogen) atoms. The molecule has 4 heteroatoms. The fraction of sp³-hybridized carbons (Fsp3) is 0.667. The van der Waals surface area contributed by atoms with E-state index >= 15 is 0 Å². The van der Waals surface area contributed by atoms with Crippen LogP contribution >= 0.6 is 0 Å². The molecule has 1 aromatic rings. The first-order valence-electron chi connectivity index (χ1n) is 4.52. The highest BCUT2D eigenvalue weighted by atomic mass is 16.5. The molecule has 0 saturated carbocycles. The van der Waals surface area contributed by atoms with Gasteiger partial charge in [0.05, 0.1) is 12.3 Å². The Balaban J connectivity index is 2.61. The van der Waals surface area contributed by atoms with Crippen molar-refractivity contribution in [2.75, 3.05) is 18.9 Å². The van der Waals surface area contributed by atoms with Gasteiger partial charge >= 0.3 is 0 Å². The van der Waals surface area contributed by atoms with Gasteiger partial charge in [0.25, 0.3) is 0 Å². The molecule has 0 aromatic carbocycles. The maximum Gasteiger partial charge on any atom is 0.124 e. The number of anilines is 1. The maximum atomic E-state index is 5.77. The minimum atomic E-state index is 0.716. The summed E-state index contributed by atoms with van der Waals surface area (Å²) in [6, 6.07) is 0. The monoisotopic (exact) mass is 183 g/mol. The van der Waals surface area contributed by atoms with Gasteiger partial charge in [-0.25, -0.2) is 0 Å². The van der Waals surface area contributed by atoms with E-state index in [-0.39, 0.29) is 0 Å². The summed E-state index contributed by atoms with van der Waals surface area (Å²) in [6.07, 6.45) is 0.838. The molecule has 1 heterocycles. The van der Waals surface area contributed by atoms with E-state index in [4.69, 9.17) is 10.5 Å². The van der Waals surface area contributed by atoms with E-state index in [0.717, 1.165) is 30.1 Å². The molecule has 0 saturated heterocycles. The molecular weight excluding hydrogens is 166 g/mol. The lowest BCUT2D eigenvalue weighted by atomic mass is 10.2. The lowest BCUT2D eigenvalue weighted by molar-refractivity contribution is 0.150. The first-order valence-corrected chi connectivity index (χ1v) is 4.52. The standard InChI is InChI=1S/C9H17N3O/c1-4-13-6-5-8-7(2)9(10)12(3)11-8/h4-6,10H2,1-3H3. The summed E-state index contributed by atoms with van der Waals surface area (Å²) in [5.74, 6) is 0.742. The van der Waals surface area contributed by atoms with E-state index in [0.29, 0.717) is 6.61 Å². The smallest absolute Gasteiger partial charge is 0.124 e. The van der Waals surface area contributed by atoms with Crippen molar-refractivity contribution in [2.24, 2.45) is 7.05 Å². The van der Waals surface area contributed by atoms with Crippen LogP contribution in [0.3, 0.4) is 0 Å². The van der Waals surface area contributed by atoms with Crippen LogP contribution in [0.15, 0.2) is 0 Å². The van der Waals surface area contributed by atoms with Crippen LogP contribution in [-0.2, 0) is 18.2 Å². The molecule has 0 fully saturated rings. The number of aryl methyl sites for hydroxylation is 1. The van der Waals surface area contributed by atoms with Crippen molar-refractivity contribution in [2.45, 2.75) is 20.3 Å². The summed E-state index contributed by atoms with van der Waals surface area (Å²) in [4.78, 5) is 0. The van der Waals surface area contributed by atoms with Crippen molar-refractivity contribution in [3.05, 3.63) is 11.3 Å². The van der Waals surface area contributed by atoms with E-state index in [1.165, 1.54) is 0 Å². The normalized spacial score (nSPS) is 10.7. The fourth-order valence-electron chi connectivity index (χ4n) is 1.25. The molecule has 0 aliphatic rings. The number of aromatic nitrogens is 2. The van der Waals surface area contributed by atoms with Crippen molar-refractivity contribution in [1.29, 1.82) is 0 Å². The van der Waals surface area contributed by atoms with E-state index in [9.17, 15) is 0 Å². The third-order valence-corrected chi connectivity index (χ3v) is 2.12. The van der Waals surface area contributed by atoms with E-state index < -0.39 is 0 Å². The van der Waals surface area contributed by atoms with E-state index in [2.05, 4.69) is 5.10 Å². The third-order valence-electron chi connectivity index (χ3n) is 2.12. The van der Waals surface area contributed by atoms with Crippen LogP contribution in [0.2, 0.25) is 0 Å². The van der Waals surface area contributed by atoms with Crippen molar-refractivity contribution >= 4 is 5.82 Å². The zero-order chi connectivity index (χ0) is 9.84. The number of hydrogen-bond donors (Lipinski definition) is 1. The van der Waals surface area contributed by atoms with E-state index in [1.54, 1.807) is 4.68 Å². The van der Waals surface area contributed by atoms with Gasteiger partial charge in [-0.3, -0.25) is 4.68 Å². The van der Waals surface area contributed by atoms with Gasteiger partial charge in [-0.1, -0.05) is 0 Å². The minimum absolute atomic E-state index is 0.716. The SMILES string of the molecule is CCOCCc1nn(C)c(N)c1C. The highest BCUT2D eigenvalue weighted by Crippen LogP contribution is 2.14. The zero-order valence-electron chi connectivity index (χ0n) is 8.50. The molecule has 4 nitrogen and oxygen atoms in total. The van der Waals surface area contributed by atoms with Gasteiger partial charge in [-0.05, 0) is 13.8 Å². The number of nitrogens with zero attached hydrogens (tertiary/aromatic N) is 2. The fourth-order valence-corrected chi connectivity index (χ4v) is 1.25. The van der Waals surface area contributed by atoms with Crippen molar-refractivity contribution < 1.29 is 4.74 Å².